The van der Waals surface area contributed by atoms with Crippen LogP contribution in [0, 0.1) is 5.82 Å². The number of hydrogen-bond acceptors (Lipinski definition) is 2. The van der Waals surface area contributed by atoms with Gasteiger partial charge in [-0.25, -0.2) is 4.39 Å². The maximum Gasteiger partial charge on any atom is 0.141 e. The maximum atomic E-state index is 12.3. The first-order valence-electron chi connectivity index (χ1n) is 3.54. The van der Waals surface area contributed by atoms with Gasteiger partial charge in [0, 0.05) is 18.2 Å². The highest BCUT2D eigenvalue weighted by atomic mass is 35.5. The number of halogens is 2. The third-order valence-electron chi connectivity index (χ3n) is 1.32. The molecule has 1 rings (SSSR count). The van der Waals surface area contributed by atoms with E-state index in [9.17, 15) is 4.39 Å². The number of nitrogens with zero attached hydrogens (tertiary/aromatic N) is 1. The van der Waals surface area contributed by atoms with Crippen molar-refractivity contribution in [2.75, 3.05) is 0 Å². The highest BCUT2D eigenvalue weighted by Crippen LogP contribution is 1.99. The molecular formula is C8H12ClFN2. The normalized spacial score (nSPS) is 11.9. The van der Waals surface area contributed by atoms with Gasteiger partial charge in [0.2, 0.25) is 0 Å². The minimum absolute atomic E-state index is 0. The lowest BCUT2D eigenvalue weighted by atomic mass is 10.2. The highest BCUT2D eigenvalue weighted by Gasteiger charge is 1.98. The van der Waals surface area contributed by atoms with E-state index in [0.717, 1.165) is 5.69 Å². The molecule has 12 heavy (non-hydrogen) atoms. The van der Waals surface area contributed by atoms with Gasteiger partial charge in [0.15, 0.2) is 0 Å². The zero-order chi connectivity index (χ0) is 8.27. The van der Waals surface area contributed by atoms with Gasteiger partial charge >= 0.3 is 0 Å². The summed E-state index contributed by atoms with van der Waals surface area (Å²) in [6.07, 6.45) is 1.90. The van der Waals surface area contributed by atoms with Crippen molar-refractivity contribution >= 4 is 12.4 Å². The second-order valence-electron chi connectivity index (χ2n) is 2.65. The fourth-order valence-electron chi connectivity index (χ4n) is 0.857. The molecule has 1 atom stereocenters. The first-order valence-corrected chi connectivity index (χ1v) is 3.54. The van der Waals surface area contributed by atoms with E-state index in [2.05, 4.69) is 4.98 Å². The molecule has 0 spiro atoms. The van der Waals surface area contributed by atoms with Crippen LogP contribution in [-0.4, -0.2) is 11.0 Å². The van der Waals surface area contributed by atoms with Crippen LogP contribution >= 0.6 is 12.4 Å². The second-order valence-corrected chi connectivity index (χ2v) is 2.65. The molecule has 0 amide bonds. The third kappa shape index (κ3) is 3.64. The van der Waals surface area contributed by atoms with Crippen LogP contribution in [0.5, 0.6) is 0 Å². The summed E-state index contributed by atoms with van der Waals surface area (Å²) < 4.78 is 12.3. The number of nitrogens with two attached hydrogens (primary N) is 1. The Bertz CT molecular complexity index is 223. The van der Waals surface area contributed by atoms with E-state index >= 15 is 0 Å². The molecule has 0 aliphatic rings. The molecule has 0 bridgehead atoms. The Balaban J connectivity index is 0.00000121. The second kappa shape index (κ2) is 5.06. The van der Waals surface area contributed by atoms with Crippen molar-refractivity contribution in [3.63, 3.8) is 0 Å². The molecule has 1 aromatic heterocycles. The predicted molar refractivity (Wildman–Crippen MR) is 48.8 cm³/mol. The standard InChI is InChI=1S/C8H11FN2.ClH/c1-6(10)4-8-3-2-7(9)5-11-8;/h2-3,5-6H,4,10H2,1H3;1H. The monoisotopic (exact) mass is 190 g/mol. The highest BCUT2D eigenvalue weighted by molar-refractivity contribution is 5.85. The molecule has 1 heterocycles. The van der Waals surface area contributed by atoms with E-state index < -0.39 is 0 Å². The molecule has 0 saturated heterocycles. The van der Waals surface area contributed by atoms with Crippen LogP contribution in [0.25, 0.3) is 0 Å². The van der Waals surface area contributed by atoms with Crippen molar-refractivity contribution in [1.29, 1.82) is 0 Å². The number of rotatable bonds is 2. The molecule has 2 nitrogen and oxygen atoms in total. The van der Waals surface area contributed by atoms with Gasteiger partial charge in [-0.05, 0) is 19.1 Å². The fraction of sp³-hybridized carbons (Fsp3) is 0.375. The average Bonchev–Trinajstić information content (AvgIpc) is 1.93. The van der Waals surface area contributed by atoms with Gasteiger partial charge < -0.3 is 5.73 Å². The van der Waals surface area contributed by atoms with Crippen molar-refractivity contribution in [3.05, 3.63) is 29.8 Å². The molecule has 0 saturated carbocycles. The van der Waals surface area contributed by atoms with Crippen LogP contribution in [-0.2, 0) is 6.42 Å². The quantitative estimate of drug-likeness (QED) is 0.769. The van der Waals surface area contributed by atoms with E-state index in [1.165, 1.54) is 12.3 Å². The van der Waals surface area contributed by atoms with Gasteiger partial charge in [-0.15, -0.1) is 12.4 Å². The average molecular weight is 191 g/mol. The van der Waals surface area contributed by atoms with Gasteiger partial charge in [-0.2, -0.15) is 0 Å². The van der Waals surface area contributed by atoms with Crippen molar-refractivity contribution in [1.82, 2.24) is 4.98 Å². The summed E-state index contributed by atoms with van der Waals surface area (Å²) in [5, 5.41) is 0. The van der Waals surface area contributed by atoms with Crippen molar-refractivity contribution in [3.8, 4) is 0 Å². The third-order valence-corrected chi connectivity index (χ3v) is 1.32. The Morgan fingerprint density at radius 1 is 1.58 bits per heavy atom. The molecule has 1 aromatic rings. The topological polar surface area (TPSA) is 38.9 Å². The minimum Gasteiger partial charge on any atom is -0.328 e. The maximum absolute atomic E-state index is 12.3. The number of pyridine rings is 1. The van der Waals surface area contributed by atoms with E-state index in [1.807, 2.05) is 6.92 Å². The summed E-state index contributed by atoms with van der Waals surface area (Å²) in [7, 11) is 0. The zero-order valence-corrected chi connectivity index (χ0v) is 7.64. The molecule has 0 aromatic carbocycles. The molecule has 0 aliphatic carbocycles. The van der Waals surface area contributed by atoms with E-state index in [4.69, 9.17) is 5.73 Å². The Kier molecular flexibility index (Phi) is 4.78. The molecule has 0 fully saturated rings. The van der Waals surface area contributed by atoms with Crippen molar-refractivity contribution in [2.24, 2.45) is 5.73 Å². The molecule has 2 N–H and O–H groups in total. The predicted octanol–water partition coefficient (Wildman–Crippen LogP) is 1.53. The van der Waals surface area contributed by atoms with E-state index in [-0.39, 0.29) is 24.3 Å². The lowest BCUT2D eigenvalue weighted by molar-refractivity contribution is 0.616. The molecule has 0 aliphatic heterocycles. The summed E-state index contributed by atoms with van der Waals surface area (Å²) in [4.78, 5) is 3.86. The van der Waals surface area contributed by atoms with Gasteiger partial charge in [0.05, 0.1) is 6.20 Å². The Hall–Kier alpha value is -0.670. The minimum atomic E-state index is -0.307. The largest absolute Gasteiger partial charge is 0.328 e. The van der Waals surface area contributed by atoms with Gasteiger partial charge in [0.25, 0.3) is 0 Å². The van der Waals surface area contributed by atoms with Gasteiger partial charge in [0.1, 0.15) is 5.82 Å². The first-order chi connectivity index (χ1) is 5.18. The van der Waals surface area contributed by atoms with Crippen LogP contribution < -0.4 is 5.73 Å². The lowest BCUT2D eigenvalue weighted by Crippen LogP contribution is -2.18. The molecule has 1 unspecified atom stereocenters. The van der Waals surface area contributed by atoms with Crippen LogP contribution in [0.1, 0.15) is 12.6 Å². The first kappa shape index (κ1) is 11.3. The van der Waals surface area contributed by atoms with Crippen molar-refractivity contribution in [2.45, 2.75) is 19.4 Å². The molecule has 4 heteroatoms. The lowest BCUT2D eigenvalue weighted by Gasteiger charge is -2.02. The molecule has 0 radical (unpaired) electrons. The Labute approximate surface area is 77.4 Å². The Morgan fingerprint density at radius 2 is 2.25 bits per heavy atom. The van der Waals surface area contributed by atoms with E-state index in [1.54, 1.807) is 6.07 Å². The summed E-state index contributed by atoms with van der Waals surface area (Å²) >= 11 is 0. The SMILES string of the molecule is CC(N)Cc1ccc(F)cn1.Cl. The van der Waals surface area contributed by atoms with Crippen LogP contribution in [0.2, 0.25) is 0 Å². The smallest absolute Gasteiger partial charge is 0.141 e. The number of aromatic nitrogens is 1. The fourth-order valence-corrected chi connectivity index (χ4v) is 0.857. The zero-order valence-electron chi connectivity index (χ0n) is 6.83. The van der Waals surface area contributed by atoms with E-state index in [0.29, 0.717) is 6.42 Å². The van der Waals surface area contributed by atoms with Gasteiger partial charge in [-0.1, -0.05) is 0 Å². The molecular weight excluding hydrogens is 179 g/mol. The molecule has 68 valence electrons. The van der Waals surface area contributed by atoms with Gasteiger partial charge in [-0.3, -0.25) is 4.98 Å². The summed E-state index contributed by atoms with van der Waals surface area (Å²) in [5.74, 6) is -0.307. The summed E-state index contributed by atoms with van der Waals surface area (Å²) in [6, 6.07) is 3.12. The van der Waals surface area contributed by atoms with Crippen LogP contribution in [0.3, 0.4) is 0 Å². The van der Waals surface area contributed by atoms with Crippen LogP contribution in [0.4, 0.5) is 4.39 Å². The number of hydrogen-bond donors (Lipinski definition) is 1. The Morgan fingerprint density at radius 3 is 2.67 bits per heavy atom. The summed E-state index contributed by atoms with van der Waals surface area (Å²) in [5.41, 5.74) is 6.36. The van der Waals surface area contributed by atoms with Crippen molar-refractivity contribution < 1.29 is 4.39 Å². The summed E-state index contributed by atoms with van der Waals surface area (Å²) in [6.45, 7) is 1.89. The van der Waals surface area contributed by atoms with Crippen LogP contribution in [0.15, 0.2) is 18.3 Å².